The average Bonchev–Trinajstić information content (AvgIpc) is 3.41. The average molecular weight is 427 g/mol. The normalized spacial score (nSPS) is 14.9. The van der Waals surface area contributed by atoms with Gasteiger partial charge in [-0.1, -0.05) is 6.07 Å². The van der Waals surface area contributed by atoms with E-state index >= 15 is 0 Å². The first-order chi connectivity index (χ1) is 15.1. The van der Waals surface area contributed by atoms with Crippen molar-refractivity contribution >= 4 is 33.1 Å². The van der Waals surface area contributed by atoms with Gasteiger partial charge in [-0.15, -0.1) is 11.3 Å². The lowest BCUT2D eigenvalue weighted by molar-refractivity contribution is 0.333. The van der Waals surface area contributed by atoms with Crippen molar-refractivity contribution in [2.24, 2.45) is 7.05 Å². The first-order valence-corrected chi connectivity index (χ1v) is 11.8. The number of thiophene rings is 1. The molecule has 0 saturated heterocycles. The van der Waals surface area contributed by atoms with Gasteiger partial charge in [-0.2, -0.15) is 0 Å². The summed E-state index contributed by atoms with van der Waals surface area (Å²) in [5.74, 6) is 0. The Labute approximate surface area is 186 Å². The van der Waals surface area contributed by atoms with Crippen molar-refractivity contribution in [3.8, 4) is 16.1 Å². The zero-order valence-corrected chi connectivity index (χ0v) is 19.0. The molecule has 1 aliphatic heterocycles. The molecule has 31 heavy (non-hydrogen) atoms. The van der Waals surface area contributed by atoms with Gasteiger partial charge in [0.05, 0.1) is 22.3 Å². The largest absolute Gasteiger partial charge is 0.351 e. The number of pyridine rings is 1. The number of benzene rings is 1. The van der Waals surface area contributed by atoms with Crippen LogP contribution in [0.25, 0.3) is 37.9 Å². The van der Waals surface area contributed by atoms with Crippen LogP contribution >= 0.6 is 11.3 Å². The summed E-state index contributed by atoms with van der Waals surface area (Å²) in [4.78, 5) is 8.45. The van der Waals surface area contributed by atoms with Crippen LogP contribution in [0.1, 0.15) is 23.4 Å². The Morgan fingerprint density at radius 1 is 1.03 bits per heavy atom. The number of fused-ring (bicyclic) bond motifs is 4. The van der Waals surface area contributed by atoms with Crippen LogP contribution < -0.4 is 0 Å². The van der Waals surface area contributed by atoms with Gasteiger partial charge in [-0.05, 0) is 80.2 Å². The summed E-state index contributed by atoms with van der Waals surface area (Å²) in [6, 6.07) is 13.6. The molecule has 0 N–H and O–H groups in total. The van der Waals surface area contributed by atoms with Crippen molar-refractivity contribution in [3.63, 3.8) is 0 Å². The fraction of sp³-hybridized carbons (Fsp3) is 0.269. The van der Waals surface area contributed by atoms with Crippen LogP contribution in [0.4, 0.5) is 0 Å². The Morgan fingerprint density at radius 2 is 1.94 bits per heavy atom. The topological polar surface area (TPSA) is 26.0 Å². The second-order valence-corrected chi connectivity index (χ2v) is 9.70. The third kappa shape index (κ3) is 2.95. The highest BCUT2D eigenvalue weighted by Gasteiger charge is 2.24. The van der Waals surface area contributed by atoms with E-state index in [2.05, 4.69) is 94.2 Å². The minimum atomic E-state index is 0.998. The van der Waals surface area contributed by atoms with Gasteiger partial charge < -0.3 is 14.0 Å². The summed E-state index contributed by atoms with van der Waals surface area (Å²) in [7, 11) is 4.34. The molecule has 4 aromatic heterocycles. The predicted octanol–water partition coefficient (Wildman–Crippen LogP) is 5.93. The number of aryl methyl sites for hydroxylation is 2. The maximum Gasteiger partial charge on any atom is 0.0719 e. The van der Waals surface area contributed by atoms with Gasteiger partial charge in [0.1, 0.15) is 0 Å². The molecule has 0 atom stereocenters. The van der Waals surface area contributed by atoms with Gasteiger partial charge in [-0.25, -0.2) is 0 Å². The minimum absolute atomic E-state index is 0.998. The molecule has 0 fully saturated rings. The van der Waals surface area contributed by atoms with Crippen LogP contribution in [0.5, 0.6) is 0 Å². The third-order valence-corrected chi connectivity index (χ3v) is 7.57. The van der Waals surface area contributed by atoms with E-state index in [1.807, 2.05) is 11.3 Å². The highest BCUT2D eigenvalue weighted by molar-refractivity contribution is 7.14. The van der Waals surface area contributed by atoms with E-state index in [0.717, 1.165) is 25.2 Å². The van der Waals surface area contributed by atoms with Crippen LogP contribution in [0.15, 0.2) is 54.2 Å². The van der Waals surface area contributed by atoms with E-state index < -0.39 is 0 Å². The highest BCUT2D eigenvalue weighted by Crippen LogP contribution is 2.39. The summed E-state index contributed by atoms with van der Waals surface area (Å²) >= 11 is 1.83. The van der Waals surface area contributed by atoms with Crippen molar-refractivity contribution in [2.45, 2.75) is 26.3 Å². The van der Waals surface area contributed by atoms with E-state index in [9.17, 15) is 0 Å². The lowest BCUT2D eigenvalue weighted by Gasteiger charge is -2.12. The Hall–Kier alpha value is -2.89. The van der Waals surface area contributed by atoms with Gasteiger partial charge in [-0.3, -0.25) is 4.98 Å². The Balaban J connectivity index is 1.60. The van der Waals surface area contributed by atoms with E-state index in [4.69, 9.17) is 0 Å². The number of rotatable bonds is 2. The SMILES string of the molecule is Cc1cc2c3c(n(-c4ccsc4-c4ccc5c(ccn5C)c4)c2cn1)CCCN(C)C3. The van der Waals surface area contributed by atoms with Gasteiger partial charge in [0.25, 0.3) is 0 Å². The van der Waals surface area contributed by atoms with E-state index in [-0.39, 0.29) is 0 Å². The zero-order valence-electron chi connectivity index (χ0n) is 18.2. The molecule has 156 valence electrons. The summed E-state index contributed by atoms with van der Waals surface area (Å²) in [5.41, 5.74) is 9.06. The standard InChI is InChI=1S/C26H26N4S/c1-17-13-20-21-16-28(2)10-4-5-23(21)30(25(20)15-27-17)24-9-12-31-26(24)19-6-7-22-18(14-19)8-11-29(22)3/h6-9,11-15H,4-5,10,16H2,1-3H3. The molecular formula is C26H26N4S. The van der Waals surface area contributed by atoms with Gasteiger partial charge in [0.2, 0.25) is 0 Å². The number of aromatic nitrogens is 3. The molecule has 1 aliphatic rings. The lowest BCUT2D eigenvalue weighted by atomic mass is 10.1. The van der Waals surface area contributed by atoms with Crippen LogP contribution in [0.3, 0.4) is 0 Å². The molecule has 0 bridgehead atoms. The second-order valence-electron chi connectivity index (χ2n) is 8.78. The molecule has 4 nitrogen and oxygen atoms in total. The molecule has 0 radical (unpaired) electrons. The van der Waals surface area contributed by atoms with Crippen LogP contribution in [0, 0.1) is 6.92 Å². The Morgan fingerprint density at radius 3 is 2.84 bits per heavy atom. The molecule has 5 aromatic rings. The first kappa shape index (κ1) is 18.8. The van der Waals surface area contributed by atoms with Crippen molar-refractivity contribution < 1.29 is 0 Å². The Bertz CT molecular complexity index is 1430. The molecule has 6 rings (SSSR count). The summed E-state index contributed by atoms with van der Waals surface area (Å²) in [6.45, 7) is 4.23. The molecule has 0 spiro atoms. The molecule has 1 aromatic carbocycles. The fourth-order valence-corrected chi connectivity index (χ4v) is 5.98. The summed E-state index contributed by atoms with van der Waals surface area (Å²) in [6.07, 6.45) is 6.48. The maximum absolute atomic E-state index is 4.68. The van der Waals surface area contributed by atoms with E-state index in [1.165, 1.54) is 55.6 Å². The highest BCUT2D eigenvalue weighted by atomic mass is 32.1. The molecule has 5 heteroatoms. The number of nitrogens with zero attached hydrogens (tertiary/aromatic N) is 4. The van der Waals surface area contributed by atoms with Gasteiger partial charge >= 0.3 is 0 Å². The smallest absolute Gasteiger partial charge is 0.0719 e. The first-order valence-electron chi connectivity index (χ1n) is 10.9. The summed E-state index contributed by atoms with van der Waals surface area (Å²) < 4.78 is 4.68. The zero-order chi connectivity index (χ0) is 21.1. The summed E-state index contributed by atoms with van der Waals surface area (Å²) in [5, 5.41) is 4.86. The van der Waals surface area contributed by atoms with Crippen molar-refractivity contribution in [3.05, 3.63) is 71.1 Å². The molecular weight excluding hydrogens is 400 g/mol. The number of hydrogen-bond donors (Lipinski definition) is 0. The van der Waals surface area contributed by atoms with Crippen LogP contribution in [0.2, 0.25) is 0 Å². The maximum atomic E-state index is 4.68. The molecule has 5 heterocycles. The van der Waals surface area contributed by atoms with Crippen LogP contribution in [-0.4, -0.2) is 32.6 Å². The van der Waals surface area contributed by atoms with Gasteiger partial charge in [0.15, 0.2) is 0 Å². The molecule has 0 unspecified atom stereocenters. The third-order valence-electron chi connectivity index (χ3n) is 6.62. The number of hydrogen-bond acceptors (Lipinski definition) is 3. The van der Waals surface area contributed by atoms with Crippen molar-refractivity contribution in [1.29, 1.82) is 0 Å². The van der Waals surface area contributed by atoms with Crippen molar-refractivity contribution in [1.82, 2.24) is 19.0 Å². The minimum Gasteiger partial charge on any atom is -0.351 e. The fourth-order valence-electron chi connectivity index (χ4n) is 5.11. The predicted molar refractivity (Wildman–Crippen MR) is 130 cm³/mol. The quantitative estimate of drug-likeness (QED) is 0.350. The second kappa shape index (κ2) is 7.08. The van der Waals surface area contributed by atoms with Crippen molar-refractivity contribution in [2.75, 3.05) is 13.6 Å². The lowest BCUT2D eigenvalue weighted by Crippen LogP contribution is -2.17. The molecule has 0 amide bonds. The Kier molecular flexibility index (Phi) is 4.30. The molecule has 0 saturated carbocycles. The van der Waals surface area contributed by atoms with Crippen LogP contribution in [-0.2, 0) is 20.0 Å². The van der Waals surface area contributed by atoms with Gasteiger partial charge in [0, 0.05) is 47.5 Å². The van der Waals surface area contributed by atoms with E-state index in [0.29, 0.717) is 0 Å². The monoisotopic (exact) mass is 426 g/mol. The van der Waals surface area contributed by atoms with E-state index in [1.54, 1.807) is 0 Å². The molecule has 0 aliphatic carbocycles.